The Hall–Kier alpha value is -3.95. The molecule has 0 saturated carbocycles. The molecule has 0 saturated heterocycles. The molecule has 1 aromatic heterocycles. The molecule has 0 bridgehead atoms. The van der Waals surface area contributed by atoms with Crippen LogP contribution in [0.1, 0.15) is 24.5 Å². The average Bonchev–Trinajstić information content (AvgIpc) is 2.82. The van der Waals surface area contributed by atoms with Gasteiger partial charge in [0.25, 0.3) is 0 Å². The van der Waals surface area contributed by atoms with Gasteiger partial charge >= 0.3 is 6.11 Å². The molecule has 0 atom stereocenters. The van der Waals surface area contributed by atoms with E-state index in [0.717, 1.165) is 12.0 Å². The average molecular weight is 523 g/mol. The van der Waals surface area contributed by atoms with Crippen LogP contribution < -0.4 is 4.74 Å². The van der Waals surface area contributed by atoms with Crippen molar-refractivity contribution in [3.05, 3.63) is 107 Å². The first-order valence-electron chi connectivity index (χ1n) is 11.0. The molecular weight excluding hydrogens is 506 g/mol. The molecule has 0 aliphatic rings. The van der Waals surface area contributed by atoms with Gasteiger partial charge in [0.05, 0.1) is 0 Å². The van der Waals surface area contributed by atoms with Gasteiger partial charge in [0.1, 0.15) is 34.5 Å². The highest BCUT2D eigenvalue weighted by molar-refractivity contribution is 5.69. The van der Waals surface area contributed by atoms with Crippen molar-refractivity contribution < 1.29 is 39.9 Å². The second kappa shape index (κ2) is 10.2. The number of hydrogen-bond acceptors (Lipinski definition) is 2. The summed E-state index contributed by atoms with van der Waals surface area (Å²) in [5.74, 6) is -10.7. The van der Waals surface area contributed by atoms with Crippen molar-refractivity contribution in [1.29, 1.82) is 0 Å². The van der Waals surface area contributed by atoms with Gasteiger partial charge in [-0.1, -0.05) is 37.6 Å². The monoisotopic (exact) mass is 523 g/mol. The molecule has 2 nitrogen and oxygen atoms in total. The van der Waals surface area contributed by atoms with Crippen molar-refractivity contribution in [1.82, 2.24) is 4.98 Å². The molecule has 1 heterocycles. The molecule has 37 heavy (non-hydrogen) atoms. The van der Waals surface area contributed by atoms with E-state index in [1.54, 1.807) is 6.20 Å². The lowest BCUT2D eigenvalue weighted by Crippen LogP contribution is -2.25. The smallest absolute Gasteiger partial charge is 0.429 e. The van der Waals surface area contributed by atoms with E-state index in [-0.39, 0.29) is 29.0 Å². The van der Waals surface area contributed by atoms with E-state index in [9.17, 15) is 35.1 Å². The molecule has 192 valence electrons. The number of halogens is 8. The van der Waals surface area contributed by atoms with Crippen molar-refractivity contribution in [2.24, 2.45) is 0 Å². The summed E-state index contributed by atoms with van der Waals surface area (Å²) in [5.41, 5.74) is -0.502. The van der Waals surface area contributed by atoms with Gasteiger partial charge in [-0.2, -0.15) is 8.78 Å². The fourth-order valence-electron chi connectivity index (χ4n) is 3.74. The minimum Gasteiger partial charge on any atom is -0.429 e. The Bertz CT molecular complexity index is 1410. The molecule has 4 aromatic rings. The van der Waals surface area contributed by atoms with Crippen LogP contribution in [0.3, 0.4) is 0 Å². The third kappa shape index (κ3) is 5.42. The lowest BCUT2D eigenvalue weighted by Gasteiger charge is -2.20. The number of pyridine rings is 1. The third-order valence-electron chi connectivity index (χ3n) is 5.46. The molecule has 0 spiro atoms. The molecule has 0 N–H and O–H groups in total. The summed E-state index contributed by atoms with van der Waals surface area (Å²) in [7, 11) is 0. The van der Waals surface area contributed by atoms with Crippen LogP contribution in [0, 0.1) is 34.9 Å². The van der Waals surface area contributed by atoms with Gasteiger partial charge in [0, 0.05) is 23.9 Å². The Labute approximate surface area is 206 Å². The molecule has 0 amide bonds. The number of ether oxygens (including phenoxy) is 1. The Morgan fingerprint density at radius 1 is 0.703 bits per heavy atom. The Kier molecular flexibility index (Phi) is 7.20. The van der Waals surface area contributed by atoms with Crippen LogP contribution in [-0.2, 0) is 12.5 Å². The van der Waals surface area contributed by atoms with E-state index in [1.165, 1.54) is 30.3 Å². The lowest BCUT2D eigenvalue weighted by molar-refractivity contribution is -0.189. The van der Waals surface area contributed by atoms with E-state index < -0.39 is 52.3 Å². The van der Waals surface area contributed by atoms with E-state index >= 15 is 0 Å². The summed E-state index contributed by atoms with van der Waals surface area (Å²) in [6.45, 7) is 1.95. The second-order valence-corrected chi connectivity index (χ2v) is 8.14. The molecular formula is C27H17F8NO. The highest BCUT2D eigenvalue weighted by Crippen LogP contribution is 2.38. The maximum absolute atomic E-state index is 14.6. The first-order chi connectivity index (χ1) is 17.5. The number of aromatic nitrogens is 1. The Morgan fingerprint density at radius 2 is 1.27 bits per heavy atom. The first kappa shape index (κ1) is 26.1. The Balaban J connectivity index is 1.61. The highest BCUT2D eigenvalue weighted by Gasteiger charge is 2.41. The SMILES string of the molecule is CCCc1cnc(-c2ccc(-c3cc(F)c(C(F)(F)Oc4cc(F)c(F)c(F)c4)c(F)c3)cc2)c(F)c1. The summed E-state index contributed by atoms with van der Waals surface area (Å²) in [6.07, 6.45) is -1.66. The minimum absolute atomic E-state index is 0.0737. The zero-order chi connectivity index (χ0) is 26.9. The summed E-state index contributed by atoms with van der Waals surface area (Å²) in [5, 5.41) is 0. The van der Waals surface area contributed by atoms with Gasteiger partial charge in [-0.15, -0.1) is 0 Å². The minimum atomic E-state index is -4.69. The van der Waals surface area contributed by atoms with Crippen LogP contribution in [0.15, 0.2) is 60.8 Å². The molecule has 0 aliphatic heterocycles. The van der Waals surface area contributed by atoms with Gasteiger partial charge < -0.3 is 4.74 Å². The van der Waals surface area contributed by atoms with Crippen LogP contribution in [0.5, 0.6) is 5.75 Å². The molecule has 4 rings (SSSR count). The van der Waals surface area contributed by atoms with Gasteiger partial charge in [0.15, 0.2) is 17.5 Å². The number of aryl methyl sites for hydroxylation is 1. The fraction of sp³-hybridized carbons (Fsp3) is 0.148. The van der Waals surface area contributed by atoms with Crippen LogP contribution in [-0.4, -0.2) is 4.98 Å². The summed E-state index contributed by atoms with van der Waals surface area (Å²) in [4.78, 5) is 4.13. The van der Waals surface area contributed by atoms with Gasteiger partial charge in [-0.3, -0.25) is 4.98 Å². The summed E-state index contributed by atoms with van der Waals surface area (Å²) >= 11 is 0. The highest BCUT2D eigenvalue weighted by atomic mass is 19.3. The maximum atomic E-state index is 14.6. The van der Waals surface area contributed by atoms with E-state index in [4.69, 9.17) is 0 Å². The zero-order valence-corrected chi connectivity index (χ0v) is 19.1. The summed E-state index contributed by atoms with van der Waals surface area (Å²) < 4.78 is 117. The van der Waals surface area contributed by atoms with E-state index in [2.05, 4.69) is 9.72 Å². The maximum Gasteiger partial charge on any atom is 0.432 e. The van der Waals surface area contributed by atoms with Gasteiger partial charge in [-0.25, -0.2) is 26.3 Å². The third-order valence-corrected chi connectivity index (χ3v) is 5.46. The predicted octanol–water partition coefficient (Wildman–Crippen LogP) is 8.33. The van der Waals surface area contributed by atoms with Crippen molar-refractivity contribution in [3.63, 3.8) is 0 Å². The van der Waals surface area contributed by atoms with E-state index in [0.29, 0.717) is 24.1 Å². The molecule has 0 fully saturated rings. The van der Waals surface area contributed by atoms with Gasteiger partial charge in [0.2, 0.25) is 0 Å². The van der Waals surface area contributed by atoms with E-state index in [1.807, 2.05) is 6.92 Å². The molecule has 0 unspecified atom stereocenters. The molecule has 0 radical (unpaired) electrons. The lowest BCUT2D eigenvalue weighted by atomic mass is 10.00. The number of benzene rings is 3. The molecule has 0 aliphatic carbocycles. The second-order valence-electron chi connectivity index (χ2n) is 8.14. The van der Waals surface area contributed by atoms with Crippen LogP contribution in [0.4, 0.5) is 35.1 Å². The van der Waals surface area contributed by atoms with Crippen molar-refractivity contribution >= 4 is 0 Å². The van der Waals surface area contributed by atoms with Crippen molar-refractivity contribution in [2.45, 2.75) is 25.9 Å². The number of nitrogens with zero attached hydrogens (tertiary/aromatic N) is 1. The topological polar surface area (TPSA) is 22.1 Å². The Morgan fingerprint density at radius 3 is 1.81 bits per heavy atom. The zero-order valence-electron chi connectivity index (χ0n) is 19.1. The standard InChI is InChI=1S/C27H17F8NO/c1-2-3-14-8-23(32)26(36-13-14)16-6-4-15(5-7-16)17-9-19(28)24(20(29)10-17)27(34,35)37-18-11-21(30)25(33)22(31)12-18/h4-13H,2-3H2,1H3. The fourth-order valence-corrected chi connectivity index (χ4v) is 3.74. The first-order valence-corrected chi connectivity index (χ1v) is 11.0. The van der Waals surface area contributed by atoms with Crippen LogP contribution in [0.25, 0.3) is 22.4 Å². The van der Waals surface area contributed by atoms with Crippen molar-refractivity contribution in [2.75, 3.05) is 0 Å². The number of rotatable bonds is 7. The largest absolute Gasteiger partial charge is 0.432 e. The van der Waals surface area contributed by atoms with Gasteiger partial charge in [-0.05, 0) is 41.3 Å². The quantitative estimate of drug-likeness (QED) is 0.180. The van der Waals surface area contributed by atoms with Crippen LogP contribution >= 0.6 is 0 Å². The van der Waals surface area contributed by atoms with Crippen molar-refractivity contribution in [3.8, 4) is 28.1 Å². The summed E-state index contributed by atoms with van der Waals surface area (Å²) in [6, 6.07) is 8.58. The van der Waals surface area contributed by atoms with Crippen LogP contribution in [0.2, 0.25) is 0 Å². The number of hydrogen-bond donors (Lipinski definition) is 0. The molecule has 10 heteroatoms. The normalized spacial score (nSPS) is 11.6. The molecule has 3 aromatic carbocycles. The number of alkyl halides is 2. The predicted molar refractivity (Wildman–Crippen MR) is 120 cm³/mol.